The highest BCUT2D eigenvalue weighted by Gasteiger charge is 2.29. The minimum Gasteiger partial charge on any atom is -0.338 e. The number of benzene rings is 2. The third-order valence-electron chi connectivity index (χ3n) is 5.87. The van der Waals surface area contributed by atoms with Crippen molar-refractivity contribution in [2.24, 2.45) is 11.7 Å². The average Bonchev–Trinajstić information content (AvgIpc) is 3.38. The molecule has 0 radical (unpaired) electrons. The van der Waals surface area contributed by atoms with Gasteiger partial charge in [0, 0.05) is 24.8 Å². The van der Waals surface area contributed by atoms with Crippen molar-refractivity contribution < 1.29 is 4.79 Å². The molecule has 0 aliphatic carbocycles. The molecule has 1 unspecified atom stereocenters. The van der Waals surface area contributed by atoms with Gasteiger partial charge in [-0.05, 0) is 55.5 Å². The van der Waals surface area contributed by atoms with E-state index in [2.05, 4.69) is 44.2 Å². The predicted molar refractivity (Wildman–Crippen MR) is 116 cm³/mol. The highest BCUT2D eigenvalue weighted by molar-refractivity contribution is 6.00. The molecule has 1 aliphatic heterocycles. The topological polar surface area (TPSA) is 64.2 Å². The standard InChI is InChI=1S/C24H28N4O/c1-17-8-9-21(12-18(17)2)23-22(24(29)27-11-10-20(13-25)14-27)16-28(26-23)15-19-6-4-3-5-7-19/h3-9,12,16,20H,10-11,13-15,25H2,1-2H3. The van der Waals surface area contributed by atoms with E-state index in [1.807, 2.05) is 34.0 Å². The first-order chi connectivity index (χ1) is 14.0. The molecule has 0 saturated carbocycles. The fourth-order valence-corrected chi connectivity index (χ4v) is 3.91. The maximum Gasteiger partial charge on any atom is 0.257 e. The van der Waals surface area contributed by atoms with E-state index in [1.165, 1.54) is 11.1 Å². The van der Waals surface area contributed by atoms with Crippen molar-refractivity contribution in [2.45, 2.75) is 26.8 Å². The van der Waals surface area contributed by atoms with E-state index in [4.69, 9.17) is 10.8 Å². The van der Waals surface area contributed by atoms with E-state index >= 15 is 0 Å². The summed E-state index contributed by atoms with van der Waals surface area (Å²) in [6, 6.07) is 16.5. The first kappa shape index (κ1) is 19.4. The first-order valence-corrected chi connectivity index (χ1v) is 10.2. The van der Waals surface area contributed by atoms with Gasteiger partial charge in [-0.1, -0.05) is 42.5 Å². The van der Waals surface area contributed by atoms with Gasteiger partial charge in [-0.3, -0.25) is 9.48 Å². The van der Waals surface area contributed by atoms with E-state index in [0.717, 1.165) is 36.3 Å². The van der Waals surface area contributed by atoms with Crippen LogP contribution < -0.4 is 5.73 Å². The van der Waals surface area contributed by atoms with Crippen LogP contribution in [-0.2, 0) is 6.54 Å². The molecule has 29 heavy (non-hydrogen) atoms. The summed E-state index contributed by atoms with van der Waals surface area (Å²) in [6.07, 6.45) is 2.87. The number of aryl methyl sites for hydroxylation is 2. The van der Waals surface area contributed by atoms with Gasteiger partial charge in [-0.15, -0.1) is 0 Å². The van der Waals surface area contributed by atoms with Crippen LogP contribution in [0.2, 0.25) is 0 Å². The summed E-state index contributed by atoms with van der Waals surface area (Å²) in [5, 5.41) is 4.82. The molecule has 1 atom stereocenters. The Balaban J connectivity index is 1.71. The highest BCUT2D eigenvalue weighted by Crippen LogP contribution is 2.27. The van der Waals surface area contributed by atoms with Crippen LogP contribution >= 0.6 is 0 Å². The van der Waals surface area contributed by atoms with Gasteiger partial charge in [-0.25, -0.2) is 0 Å². The quantitative estimate of drug-likeness (QED) is 0.726. The van der Waals surface area contributed by atoms with Gasteiger partial charge in [-0.2, -0.15) is 5.10 Å². The summed E-state index contributed by atoms with van der Waals surface area (Å²) in [5.74, 6) is 0.442. The molecule has 150 valence electrons. The maximum absolute atomic E-state index is 13.4. The monoisotopic (exact) mass is 388 g/mol. The van der Waals surface area contributed by atoms with Crippen molar-refractivity contribution in [1.82, 2.24) is 14.7 Å². The van der Waals surface area contributed by atoms with Crippen LogP contribution in [-0.4, -0.2) is 40.2 Å². The number of rotatable bonds is 5. The molecule has 0 spiro atoms. The van der Waals surface area contributed by atoms with E-state index in [-0.39, 0.29) is 5.91 Å². The maximum atomic E-state index is 13.4. The molecule has 1 saturated heterocycles. The van der Waals surface area contributed by atoms with Gasteiger partial charge in [0.25, 0.3) is 5.91 Å². The first-order valence-electron chi connectivity index (χ1n) is 10.2. The average molecular weight is 389 g/mol. The van der Waals surface area contributed by atoms with E-state index in [1.54, 1.807) is 0 Å². The van der Waals surface area contributed by atoms with E-state index in [0.29, 0.717) is 24.6 Å². The van der Waals surface area contributed by atoms with Crippen LogP contribution in [0.4, 0.5) is 0 Å². The fourth-order valence-electron chi connectivity index (χ4n) is 3.91. The summed E-state index contributed by atoms with van der Waals surface area (Å²) in [5.41, 5.74) is 11.8. The van der Waals surface area contributed by atoms with Crippen LogP contribution in [0.5, 0.6) is 0 Å². The summed E-state index contributed by atoms with van der Waals surface area (Å²) in [6.45, 7) is 6.94. The molecule has 1 fully saturated rings. The zero-order chi connectivity index (χ0) is 20.4. The molecule has 1 amide bonds. The molecule has 2 heterocycles. The summed E-state index contributed by atoms with van der Waals surface area (Å²) >= 11 is 0. The predicted octanol–water partition coefficient (Wildman–Crippen LogP) is 3.64. The second-order valence-corrected chi connectivity index (χ2v) is 8.02. The Hall–Kier alpha value is -2.92. The van der Waals surface area contributed by atoms with Crippen molar-refractivity contribution in [3.8, 4) is 11.3 Å². The minimum absolute atomic E-state index is 0.0495. The lowest BCUT2D eigenvalue weighted by Gasteiger charge is -2.16. The third-order valence-corrected chi connectivity index (χ3v) is 5.87. The number of aromatic nitrogens is 2. The molecule has 5 nitrogen and oxygen atoms in total. The lowest BCUT2D eigenvalue weighted by atomic mass is 10.0. The number of likely N-dealkylation sites (tertiary alicyclic amines) is 1. The second-order valence-electron chi connectivity index (χ2n) is 8.02. The van der Waals surface area contributed by atoms with Crippen molar-refractivity contribution in [3.63, 3.8) is 0 Å². The van der Waals surface area contributed by atoms with Crippen molar-refractivity contribution >= 4 is 5.91 Å². The van der Waals surface area contributed by atoms with Crippen LogP contribution in [0.15, 0.2) is 54.7 Å². The molecule has 0 bridgehead atoms. The largest absolute Gasteiger partial charge is 0.338 e. The molecule has 5 heteroatoms. The Kier molecular flexibility index (Phi) is 5.49. The summed E-state index contributed by atoms with van der Waals surface area (Å²) in [4.78, 5) is 15.3. The lowest BCUT2D eigenvalue weighted by Crippen LogP contribution is -2.30. The molecule has 2 aromatic carbocycles. The zero-order valence-corrected chi connectivity index (χ0v) is 17.1. The molecular formula is C24H28N4O. The number of hydrogen-bond donors (Lipinski definition) is 1. The Morgan fingerprint density at radius 1 is 1.14 bits per heavy atom. The minimum atomic E-state index is 0.0495. The number of carbonyl (C=O) groups is 1. The SMILES string of the molecule is Cc1ccc(-c2nn(Cc3ccccc3)cc2C(=O)N2CCC(CN)C2)cc1C. The van der Waals surface area contributed by atoms with Gasteiger partial charge in [0.15, 0.2) is 0 Å². The number of nitrogens with zero attached hydrogens (tertiary/aromatic N) is 3. The van der Waals surface area contributed by atoms with Gasteiger partial charge >= 0.3 is 0 Å². The second kappa shape index (κ2) is 8.21. The van der Waals surface area contributed by atoms with Gasteiger partial charge < -0.3 is 10.6 Å². The fraction of sp³-hybridized carbons (Fsp3) is 0.333. The Morgan fingerprint density at radius 3 is 2.62 bits per heavy atom. The number of carbonyl (C=O) groups excluding carboxylic acids is 1. The van der Waals surface area contributed by atoms with Crippen molar-refractivity contribution in [1.29, 1.82) is 0 Å². The zero-order valence-electron chi connectivity index (χ0n) is 17.1. The Morgan fingerprint density at radius 2 is 1.93 bits per heavy atom. The smallest absolute Gasteiger partial charge is 0.257 e. The molecule has 1 aromatic heterocycles. The number of hydrogen-bond acceptors (Lipinski definition) is 3. The lowest BCUT2D eigenvalue weighted by molar-refractivity contribution is 0.0788. The third kappa shape index (κ3) is 4.10. The van der Waals surface area contributed by atoms with Crippen LogP contribution in [0.3, 0.4) is 0 Å². The molecule has 1 aliphatic rings. The Labute approximate surface area is 172 Å². The van der Waals surface area contributed by atoms with E-state index in [9.17, 15) is 4.79 Å². The molecular weight excluding hydrogens is 360 g/mol. The van der Waals surface area contributed by atoms with Crippen LogP contribution in [0.1, 0.15) is 33.5 Å². The number of amides is 1. The molecule has 4 rings (SSSR count). The van der Waals surface area contributed by atoms with Crippen LogP contribution in [0, 0.1) is 19.8 Å². The number of nitrogens with two attached hydrogens (primary N) is 1. The normalized spacial score (nSPS) is 16.4. The van der Waals surface area contributed by atoms with Gasteiger partial charge in [0.1, 0.15) is 5.69 Å². The highest BCUT2D eigenvalue weighted by atomic mass is 16.2. The summed E-state index contributed by atoms with van der Waals surface area (Å²) < 4.78 is 1.88. The van der Waals surface area contributed by atoms with Crippen molar-refractivity contribution in [2.75, 3.05) is 19.6 Å². The van der Waals surface area contributed by atoms with Crippen molar-refractivity contribution in [3.05, 3.63) is 77.0 Å². The van der Waals surface area contributed by atoms with Crippen LogP contribution in [0.25, 0.3) is 11.3 Å². The molecule has 3 aromatic rings. The van der Waals surface area contributed by atoms with Gasteiger partial charge in [0.05, 0.1) is 12.1 Å². The molecule has 2 N–H and O–H groups in total. The van der Waals surface area contributed by atoms with Gasteiger partial charge in [0.2, 0.25) is 0 Å². The van der Waals surface area contributed by atoms with E-state index < -0.39 is 0 Å². The Bertz CT molecular complexity index is 1010. The summed E-state index contributed by atoms with van der Waals surface area (Å²) in [7, 11) is 0.